The standard InChI is InChI=1S/C19H8F6N4O3S2/c20-18(21,22)12-4-1-10(2-5-12)13-7-14(19(23,24)25)29-17(28-13)11(8-27-29)3-6-15-26-9-16(33-15)34(30,31)32/h1-2,4-5,7-9H,(H,30,31,32). The lowest BCUT2D eigenvalue weighted by Gasteiger charge is -2.12. The van der Waals surface area contributed by atoms with Gasteiger partial charge in [-0.15, -0.1) is 0 Å². The van der Waals surface area contributed by atoms with Gasteiger partial charge in [0.2, 0.25) is 0 Å². The molecule has 0 bridgehead atoms. The fourth-order valence-electron chi connectivity index (χ4n) is 2.79. The lowest BCUT2D eigenvalue weighted by atomic mass is 10.1. The first-order chi connectivity index (χ1) is 15.7. The molecule has 4 aromatic rings. The van der Waals surface area contributed by atoms with Gasteiger partial charge in [-0.25, -0.2) is 14.5 Å². The third-order valence-electron chi connectivity index (χ3n) is 4.31. The summed E-state index contributed by atoms with van der Waals surface area (Å²) in [5.74, 6) is 4.95. The normalized spacial score (nSPS) is 12.6. The summed E-state index contributed by atoms with van der Waals surface area (Å²) in [6, 6.07) is 4.09. The number of aromatic nitrogens is 4. The number of rotatable bonds is 2. The molecule has 1 N–H and O–H groups in total. The number of hydrogen-bond acceptors (Lipinski definition) is 6. The van der Waals surface area contributed by atoms with Crippen molar-refractivity contribution in [2.75, 3.05) is 0 Å². The number of alkyl halides is 6. The van der Waals surface area contributed by atoms with Crippen LogP contribution in [-0.2, 0) is 22.5 Å². The molecule has 0 fully saturated rings. The van der Waals surface area contributed by atoms with E-state index in [-0.39, 0.29) is 27.5 Å². The molecule has 0 saturated heterocycles. The van der Waals surface area contributed by atoms with Gasteiger partial charge in [-0.1, -0.05) is 29.4 Å². The molecule has 0 unspecified atom stereocenters. The predicted octanol–water partition coefficient (Wildman–Crippen LogP) is 4.54. The van der Waals surface area contributed by atoms with E-state index in [0.29, 0.717) is 21.9 Å². The first kappa shape index (κ1) is 23.7. The molecule has 176 valence electrons. The molecule has 0 atom stereocenters. The highest BCUT2D eigenvalue weighted by molar-refractivity contribution is 7.88. The first-order valence-electron chi connectivity index (χ1n) is 8.82. The minimum Gasteiger partial charge on any atom is -0.281 e. The Morgan fingerprint density at radius 3 is 2.21 bits per heavy atom. The second-order valence-electron chi connectivity index (χ2n) is 6.60. The van der Waals surface area contributed by atoms with Crippen LogP contribution in [0.25, 0.3) is 16.9 Å². The zero-order valence-electron chi connectivity index (χ0n) is 16.2. The van der Waals surface area contributed by atoms with Crippen molar-refractivity contribution in [3.05, 3.63) is 64.6 Å². The first-order valence-corrected chi connectivity index (χ1v) is 11.1. The molecule has 0 aliphatic heterocycles. The van der Waals surface area contributed by atoms with Crippen molar-refractivity contribution in [3.8, 4) is 23.1 Å². The van der Waals surface area contributed by atoms with E-state index in [1.807, 2.05) is 0 Å². The molecular weight excluding hydrogens is 510 g/mol. The summed E-state index contributed by atoms with van der Waals surface area (Å²) in [6.45, 7) is 0. The van der Waals surface area contributed by atoms with E-state index < -0.39 is 37.9 Å². The van der Waals surface area contributed by atoms with Gasteiger partial charge in [0, 0.05) is 5.56 Å². The molecule has 3 aromatic heterocycles. The Kier molecular flexibility index (Phi) is 5.62. The molecule has 0 aliphatic carbocycles. The lowest BCUT2D eigenvalue weighted by Crippen LogP contribution is -2.13. The van der Waals surface area contributed by atoms with Crippen molar-refractivity contribution in [3.63, 3.8) is 0 Å². The second kappa shape index (κ2) is 8.08. The molecule has 15 heteroatoms. The van der Waals surface area contributed by atoms with Crippen LogP contribution in [0.15, 0.2) is 46.9 Å². The number of halogens is 6. The zero-order valence-corrected chi connectivity index (χ0v) is 17.8. The third kappa shape index (κ3) is 4.74. The third-order valence-corrected chi connectivity index (χ3v) is 6.52. The Labute approximate surface area is 190 Å². The Morgan fingerprint density at radius 2 is 1.65 bits per heavy atom. The summed E-state index contributed by atoms with van der Waals surface area (Å²) in [5, 5.41) is 3.60. The van der Waals surface area contributed by atoms with Gasteiger partial charge >= 0.3 is 22.5 Å². The van der Waals surface area contributed by atoms with Crippen molar-refractivity contribution >= 4 is 27.1 Å². The number of benzene rings is 1. The van der Waals surface area contributed by atoms with E-state index in [1.54, 1.807) is 0 Å². The summed E-state index contributed by atoms with van der Waals surface area (Å²) in [6.07, 6.45) is -7.63. The number of fused-ring (bicyclic) bond motifs is 1. The van der Waals surface area contributed by atoms with Crippen molar-refractivity contribution < 1.29 is 39.3 Å². The van der Waals surface area contributed by atoms with Crippen molar-refractivity contribution in [1.29, 1.82) is 0 Å². The fraction of sp³-hybridized carbons (Fsp3) is 0.105. The average molecular weight is 518 g/mol. The van der Waals surface area contributed by atoms with Crippen LogP contribution in [0.1, 0.15) is 21.8 Å². The van der Waals surface area contributed by atoms with E-state index in [2.05, 4.69) is 26.9 Å². The Bertz CT molecular complexity index is 1560. The SMILES string of the molecule is O=S(=O)(O)c1cnc(C#Cc2cnn3c(C(F)(F)F)cc(-c4ccc(C(F)(F)F)cc4)nc23)s1. The van der Waals surface area contributed by atoms with Gasteiger partial charge in [-0.3, -0.25) is 4.55 Å². The van der Waals surface area contributed by atoms with Crippen LogP contribution in [-0.4, -0.2) is 32.6 Å². The number of thiazole rings is 1. The second-order valence-corrected chi connectivity index (χ2v) is 9.28. The van der Waals surface area contributed by atoms with Gasteiger partial charge in [0.1, 0.15) is 0 Å². The molecule has 7 nitrogen and oxygen atoms in total. The van der Waals surface area contributed by atoms with Crippen LogP contribution in [0.5, 0.6) is 0 Å². The highest BCUT2D eigenvalue weighted by Gasteiger charge is 2.36. The molecule has 0 radical (unpaired) electrons. The molecule has 0 aliphatic rings. The molecular formula is C19H8F6N4O3S2. The molecule has 0 saturated carbocycles. The van der Waals surface area contributed by atoms with E-state index in [0.717, 1.165) is 36.7 Å². The number of hydrogen-bond donors (Lipinski definition) is 1. The van der Waals surface area contributed by atoms with Crippen LogP contribution >= 0.6 is 11.3 Å². The minimum atomic E-state index is -4.88. The maximum atomic E-state index is 13.6. The van der Waals surface area contributed by atoms with Crippen molar-refractivity contribution in [1.82, 2.24) is 19.6 Å². The van der Waals surface area contributed by atoms with Gasteiger partial charge in [-0.2, -0.15) is 39.9 Å². The number of nitrogens with zero attached hydrogens (tertiary/aromatic N) is 4. The van der Waals surface area contributed by atoms with Crippen LogP contribution in [0, 0.1) is 11.8 Å². The topological polar surface area (TPSA) is 97.5 Å². The largest absolute Gasteiger partial charge is 0.433 e. The van der Waals surface area contributed by atoms with Gasteiger partial charge in [0.15, 0.2) is 20.6 Å². The van der Waals surface area contributed by atoms with E-state index in [4.69, 9.17) is 4.55 Å². The van der Waals surface area contributed by atoms with Crippen LogP contribution in [0.4, 0.5) is 26.3 Å². The quantitative estimate of drug-likeness (QED) is 0.238. The van der Waals surface area contributed by atoms with Gasteiger partial charge in [0.05, 0.1) is 29.2 Å². The molecule has 0 amide bonds. The van der Waals surface area contributed by atoms with E-state index in [9.17, 15) is 34.8 Å². The van der Waals surface area contributed by atoms with Crippen molar-refractivity contribution in [2.45, 2.75) is 16.6 Å². The minimum absolute atomic E-state index is 0.00109. The summed E-state index contributed by atoms with van der Waals surface area (Å²) in [7, 11) is -4.50. The van der Waals surface area contributed by atoms with Crippen molar-refractivity contribution in [2.24, 2.45) is 0 Å². The Balaban J connectivity index is 1.83. The lowest BCUT2D eigenvalue weighted by molar-refractivity contribution is -0.142. The summed E-state index contributed by atoms with van der Waals surface area (Å²) >= 11 is 0.536. The maximum absolute atomic E-state index is 13.6. The Hall–Kier alpha value is -3.48. The van der Waals surface area contributed by atoms with Gasteiger partial charge in [-0.05, 0) is 24.1 Å². The van der Waals surface area contributed by atoms with Gasteiger partial charge < -0.3 is 0 Å². The monoisotopic (exact) mass is 518 g/mol. The smallest absolute Gasteiger partial charge is 0.281 e. The van der Waals surface area contributed by atoms with Gasteiger partial charge in [0.25, 0.3) is 0 Å². The van der Waals surface area contributed by atoms with Crippen LogP contribution < -0.4 is 0 Å². The maximum Gasteiger partial charge on any atom is 0.433 e. The molecule has 3 heterocycles. The Morgan fingerprint density at radius 1 is 0.971 bits per heavy atom. The highest BCUT2D eigenvalue weighted by atomic mass is 32.3. The molecule has 0 spiro atoms. The molecule has 34 heavy (non-hydrogen) atoms. The van der Waals surface area contributed by atoms with Crippen LogP contribution in [0.3, 0.4) is 0 Å². The average Bonchev–Trinajstić information content (AvgIpc) is 3.37. The van der Waals surface area contributed by atoms with E-state index >= 15 is 0 Å². The predicted molar refractivity (Wildman–Crippen MR) is 106 cm³/mol. The fourth-order valence-corrected chi connectivity index (χ4v) is 4.14. The molecule has 4 rings (SSSR count). The summed E-state index contributed by atoms with van der Waals surface area (Å²) in [4.78, 5) is 7.79. The summed E-state index contributed by atoms with van der Waals surface area (Å²) < 4.78 is 111. The highest BCUT2D eigenvalue weighted by Crippen LogP contribution is 2.34. The van der Waals surface area contributed by atoms with E-state index in [1.165, 1.54) is 0 Å². The summed E-state index contributed by atoms with van der Waals surface area (Å²) in [5.41, 5.74) is -2.88. The van der Waals surface area contributed by atoms with Crippen LogP contribution in [0.2, 0.25) is 0 Å². The zero-order chi connectivity index (χ0) is 24.9. The molecule has 1 aromatic carbocycles.